The SMILES string of the molecule is CC1CNCc2cn[nH]c21. The molecule has 0 fully saturated rings. The van der Waals surface area contributed by atoms with Crippen molar-refractivity contribution in [2.45, 2.75) is 19.4 Å². The van der Waals surface area contributed by atoms with Crippen LogP contribution in [-0.4, -0.2) is 16.7 Å². The van der Waals surface area contributed by atoms with E-state index in [9.17, 15) is 0 Å². The lowest BCUT2D eigenvalue weighted by atomic mass is 10.0. The number of fused-ring (bicyclic) bond motifs is 1. The van der Waals surface area contributed by atoms with E-state index < -0.39 is 0 Å². The minimum atomic E-state index is 0.589. The van der Waals surface area contributed by atoms with Gasteiger partial charge in [0.15, 0.2) is 0 Å². The summed E-state index contributed by atoms with van der Waals surface area (Å²) in [6, 6.07) is 0. The summed E-state index contributed by atoms with van der Waals surface area (Å²) in [5.74, 6) is 0.589. The van der Waals surface area contributed by atoms with Crippen LogP contribution in [-0.2, 0) is 6.54 Å². The van der Waals surface area contributed by atoms with Crippen LogP contribution < -0.4 is 5.32 Å². The van der Waals surface area contributed by atoms with Crippen LogP contribution >= 0.6 is 0 Å². The highest BCUT2D eigenvalue weighted by Crippen LogP contribution is 2.19. The van der Waals surface area contributed by atoms with E-state index in [1.54, 1.807) is 0 Å². The van der Waals surface area contributed by atoms with E-state index in [0.29, 0.717) is 5.92 Å². The highest BCUT2D eigenvalue weighted by Gasteiger charge is 2.16. The van der Waals surface area contributed by atoms with Crippen molar-refractivity contribution < 1.29 is 0 Å². The molecule has 0 saturated carbocycles. The van der Waals surface area contributed by atoms with Gasteiger partial charge in [-0.1, -0.05) is 6.92 Å². The maximum absolute atomic E-state index is 3.99. The molecule has 54 valence electrons. The lowest BCUT2D eigenvalue weighted by Crippen LogP contribution is -2.25. The topological polar surface area (TPSA) is 40.7 Å². The molecule has 2 rings (SSSR count). The predicted octanol–water partition coefficient (Wildman–Crippen LogP) is 0.616. The molecule has 3 heteroatoms. The van der Waals surface area contributed by atoms with Crippen LogP contribution in [0, 0.1) is 0 Å². The first-order valence-electron chi connectivity index (χ1n) is 3.61. The fourth-order valence-electron chi connectivity index (χ4n) is 1.41. The number of aromatic amines is 1. The Bertz CT molecular complexity index is 229. The summed E-state index contributed by atoms with van der Waals surface area (Å²) in [5.41, 5.74) is 2.62. The largest absolute Gasteiger partial charge is 0.312 e. The number of H-pyrrole nitrogens is 1. The van der Waals surface area contributed by atoms with Crippen molar-refractivity contribution in [3.05, 3.63) is 17.5 Å². The van der Waals surface area contributed by atoms with Crippen molar-refractivity contribution >= 4 is 0 Å². The third kappa shape index (κ3) is 0.743. The van der Waals surface area contributed by atoms with Gasteiger partial charge in [0.05, 0.1) is 6.20 Å². The monoisotopic (exact) mass is 137 g/mol. The van der Waals surface area contributed by atoms with Gasteiger partial charge in [0, 0.05) is 30.3 Å². The first-order chi connectivity index (χ1) is 4.88. The number of aromatic nitrogens is 2. The van der Waals surface area contributed by atoms with E-state index in [1.165, 1.54) is 11.3 Å². The standard InChI is InChI=1S/C7H11N3/c1-5-2-8-3-6-4-9-10-7(5)6/h4-5,8H,2-3H2,1H3,(H,9,10). The van der Waals surface area contributed by atoms with Crippen molar-refractivity contribution in [1.29, 1.82) is 0 Å². The number of hydrogen-bond donors (Lipinski definition) is 2. The number of nitrogens with one attached hydrogen (secondary N) is 2. The van der Waals surface area contributed by atoms with Crippen LogP contribution in [0.5, 0.6) is 0 Å². The average Bonchev–Trinajstić information content (AvgIpc) is 2.36. The van der Waals surface area contributed by atoms with E-state index in [1.807, 2.05) is 6.20 Å². The molecular formula is C7H11N3. The molecule has 0 aromatic carbocycles. The van der Waals surface area contributed by atoms with Crippen LogP contribution in [0.3, 0.4) is 0 Å². The van der Waals surface area contributed by atoms with Gasteiger partial charge in [-0.25, -0.2) is 0 Å². The molecule has 1 unspecified atom stereocenters. The molecule has 1 aliphatic rings. The van der Waals surface area contributed by atoms with Gasteiger partial charge in [-0.3, -0.25) is 5.10 Å². The van der Waals surface area contributed by atoms with Gasteiger partial charge < -0.3 is 5.32 Å². The third-order valence-electron chi connectivity index (χ3n) is 2.01. The number of nitrogens with zero attached hydrogens (tertiary/aromatic N) is 1. The summed E-state index contributed by atoms with van der Waals surface area (Å²) >= 11 is 0. The second-order valence-electron chi connectivity index (χ2n) is 2.84. The Hall–Kier alpha value is -0.830. The predicted molar refractivity (Wildman–Crippen MR) is 38.7 cm³/mol. The second kappa shape index (κ2) is 2.09. The summed E-state index contributed by atoms with van der Waals surface area (Å²) in [5, 5.41) is 10.3. The quantitative estimate of drug-likeness (QED) is 0.550. The van der Waals surface area contributed by atoms with Gasteiger partial charge >= 0.3 is 0 Å². The molecule has 0 radical (unpaired) electrons. The fourth-order valence-corrected chi connectivity index (χ4v) is 1.41. The zero-order valence-electron chi connectivity index (χ0n) is 6.02. The Morgan fingerprint density at radius 3 is 3.40 bits per heavy atom. The zero-order chi connectivity index (χ0) is 6.97. The highest BCUT2D eigenvalue weighted by molar-refractivity contribution is 5.22. The maximum Gasteiger partial charge on any atom is 0.0535 e. The molecule has 2 heterocycles. The average molecular weight is 137 g/mol. The van der Waals surface area contributed by atoms with Crippen molar-refractivity contribution in [2.75, 3.05) is 6.54 Å². The summed E-state index contributed by atoms with van der Waals surface area (Å²) < 4.78 is 0. The molecule has 0 bridgehead atoms. The first-order valence-corrected chi connectivity index (χ1v) is 3.61. The molecule has 1 aromatic rings. The second-order valence-corrected chi connectivity index (χ2v) is 2.84. The van der Waals surface area contributed by atoms with Gasteiger partial charge in [0.25, 0.3) is 0 Å². The van der Waals surface area contributed by atoms with Gasteiger partial charge in [-0.2, -0.15) is 5.10 Å². The highest BCUT2D eigenvalue weighted by atomic mass is 15.1. The van der Waals surface area contributed by atoms with Crippen LogP contribution in [0.25, 0.3) is 0 Å². The third-order valence-corrected chi connectivity index (χ3v) is 2.01. The Labute approximate surface area is 59.8 Å². The van der Waals surface area contributed by atoms with E-state index in [4.69, 9.17) is 0 Å². The summed E-state index contributed by atoms with van der Waals surface area (Å²) in [4.78, 5) is 0. The molecule has 1 atom stereocenters. The molecule has 1 aliphatic heterocycles. The van der Waals surface area contributed by atoms with Crippen molar-refractivity contribution in [3.63, 3.8) is 0 Å². The van der Waals surface area contributed by atoms with Crippen molar-refractivity contribution in [1.82, 2.24) is 15.5 Å². The molecule has 3 nitrogen and oxygen atoms in total. The smallest absolute Gasteiger partial charge is 0.0535 e. The number of hydrogen-bond acceptors (Lipinski definition) is 2. The molecule has 0 aliphatic carbocycles. The Kier molecular flexibility index (Phi) is 1.24. The lowest BCUT2D eigenvalue weighted by Gasteiger charge is -2.18. The van der Waals surface area contributed by atoms with Crippen molar-refractivity contribution in [3.8, 4) is 0 Å². The van der Waals surface area contributed by atoms with E-state index in [-0.39, 0.29) is 0 Å². The van der Waals surface area contributed by atoms with Gasteiger partial charge in [0.2, 0.25) is 0 Å². The number of rotatable bonds is 0. The Morgan fingerprint density at radius 1 is 1.70 bits per heavy atom. The molecule has 2 N–H and O–H groups in total. The van der Waals surface area contributed by atoms with E-state index >= 15 is 0 Å². The van der Waals surface area contributed by atoms with Crippen molar-refractivity contribution in [2.24, 2.45) is 0 Å². The van der Waals surface area contributed by atoms with Gasteiger partial charge in [-0.15, -0.1) is 0 Å². The molecule has 0 spiro atoms. The molecule has 10 heavy (non-hydrogen) atoms. The lowest BCUT2D eigenvalue weighted by molar-refractivity contribution is 0.562. The van der Waals surface area contributed by atoms with E-state index in [0.717, 1.165) is 13.1 Å². The van der Waals surface area contributed by atoms with Crippen LogP contribution in [0.15, 0.2) is 6.20 Å². The van der Waals surface area contributed by atoms with Crippen LogP contribution in [0.4, 0.5) is 0 Å². The van der Waals surface area contributed by atoms with E-state index in [2.05, 4.69) is 22.4 Å². The maximum atomic E-state index is 3.99. The minimum absolute atomic E-state index is 0.589. The van der Waals surface area contributed by atoms with Gasteiger partial charge in [0.1, 0.15) is 0 Å². The first kappa shape index (κ1) is 5.92. The summed E-state index contributed by atoms with van der Waals surface area (Å²) in [6.45, 7) is 4.23. The zero-order valence-corrected chi connectivity index (χ0v) is 6.02. The van der Waals surface area contributed by atoms with Gasteiger partial charge in [-0.05, 0) is 0 Å². The minimum Gasteiger partial charge on any atom is -0.312 e. The van der Waals surface area contributed by atoms with Crippen LogP contribution in [0.1, 0.15) is 24.1 Å². The Balaban J connectivity index is 2.41. The fraction of sp³-hybridized carbons (Fsp3) is 0.571. The summed E-state index contributed by atoms with van der Waals surface area (Å²) in [6.07, 6.45) is 1.90. The van der Waals surface area contributed by atoms with Crippen LogP contribution in [0.2, 0.25) is 0 Å². The molecule has 1 aromatic heterocycles. The Morgan fingerprint density at radius 2 is 2.60 bits per heavy atom. The normalized spacial score (nSPS) is 24.3. The molecule has 0 amide bonds. The molecular weight excluding hydrogens is 126 g/mol. The summed E-state index contributed by atoms with van der Waals surface area (Å²) in [7, 11) is 0. The molecule has 0 saturated heterocycles.